The zero-order valence-electron chi connectivity index (χ0n) is 11.2. The molecule has 6 heteroatoms. The largest absolute Gasteiger partial charge is 0.278 e. The lowest BCUT2D eigenvalue weighted by Crippen LogP contribution is -2.27. The molecule has 0 bridgehead atoms. The second kappa shape index (κ2) is 6.16. The highest BCUT2D eigenvalue weighted by atomic mass is 35.5. The van der Waals surface area contributed by atoms with Crippen molar-refractivity contribution in [1.29, 1.82) is 5.41 Å². The van der Waals surface area contributed by atoms with E-state index < -0.39 is 0 Å². The molecule has 22 heavy (non-hydrogen) atoms. The number of anilines is 1. The highest BCUT2D eigenvalue weighted by Crippen LogP contribution is 2.36. The predicted octanol–water partition coefficient (Wildman–Crippen LogP) is 5.05. The molecule has 1 amide bonds. The van der Waals surface area contributed by atoms with Crippen LogP contribution in [0.3, 0.4) is 0 Å². The fraction of sp³-hybridized carbons (Fsp3) is 0. The Labute approximate surface area is 142 Å². The van der Waals surface area contributed by atoms with Crippen LogP contribution in [-0.4, -0.2) is 11.1 Å². The maximum absolute atomic E-state index is 12.5. The Bertz CT molecular complexity index is 790. The number of nitrogens with zero attached hydrogens (tertiary/aromatic N) is 1. The lowest BCUT2D eigenvalue weighted by Gasteiger charge is -2.13. The van der Waals surface area contributed by atoms with Gasteiger partial charge in [0.2, 0.25) is 0 Å². The van der Waals surface area contributed by atoms with E-state index in [1.807, 2.05) is 18.2 Å². The minimum atomic E-state index is -0.239. The second-order valence-corrected chi connectivity index (χ2v) is 6.35. The van der Waals surface area contributed by atoms with Crippen LogP contribution >= 0.6 is 35.0 Å². The van der Waals surface area contributed by atoms with Crippen molar-refractivity contribution in [3.63, 3.8) is 0 Å². The number of para-hydroxylation sites is 1. The molecular weight excluding hydrogens is 339 g/mol. The Morgan fingerprint density at radius 2 is 1.77 bits per heavy atom. The second-order valence-electron chi connectivity index (χ2n) is 4.53. The highest BCUT2D eigenvalue weighted by molar-refractivity contribution is 8.19. The quantitative estimate of drug-likeness (QED) is 0.771. The molecule has 0 atom stereocenters. The van der Waals surface area contributed by atoms with Crippen molar-refractivity contribution < 1.29 is 4.79 Å². The average Bonchev–Trinajstić information content (AvgIpc) is 2.79. The molecule has 0 spiro atoms. The third-order valence-corrected chi connectivity index (χ3v) is 4.83. The van der Waals surface area contributed by atoms with Gasteiger partial charge in [-0.25, -0.2) is 0 Å². The number of thioether (sulfide) groups is 1. The van der Waals surface area contributed by atoms with Gasteiger partial charge in [0.05, 0.1) is 20.6 Å². The molecule has 0 aliphatic carbocycles. The number of carbonyl (C=O) groups excluding carboxylic acids is 1. The summed E-state index contributed by atoms with van der Waals surface area (Å²) in [5.41, 5.74) is 1.33. The summed E-state index contributed by atoms with van der Waals surface area (Å²) in [5.74, 6) is -0.239. The number of rotatable bonds is 2. The van der Waals surface area contributed by atoms with E-state index in [-0.39, 0.29) is 11.1 Å². The maximum atomic E-state index is 12.5. The van der Waals surface area contributed by atoms with Crippen LogP contribution in [0.1, 0.15) is 5.56 Å². The van der Waals surface area contributed by atoms with E-state index in [1.165, 1.54) is 4.90 Å². The highest BCUT2D eigenvalue weighted by Gasteiger charge is 2.33. The molecule has 2 aromatic carbocycles. The molecule has 1 fully saturated rings. The van der Waals surface area contributed by atoms with Crippen LogP contribution in [0.25, 0.3) is 6.08 Å². The Hall–Kier alpha value is -1.75. The summed E-state index contributed by atoms with van der Waals surface area (Å²) < 4.78 is 0. The fourth-order valence-electron chi connectivity index (χ4n) is 2.07. The van der Waals surface area contributed by atoms with E-state index in [9.17, 15) is 4.79 Å². The van der Waals surface area contributed by atoms with Crippen LogP contribution in [0.2, 0.25) is 10.0 Å². The van der Waals surface area contributed by atoms with Crippen molar-refractivity contribution in [3.05, 3.63) is 69.0 Å². The number of amides is 1. The molecule has 110 valence electrons. The molecule has 0 saturated carbocycles. The first-order chi connectivity index (χ1) is 10.6. The predicted molar refractivity (Wildman–Crippen MR) is 93.7 cm³/mol. The molecule has 0 unspecified atom stereocenters. The number of nitrogens with one attached hydrogen (secondary N) is 1. The van der Waals surface area contributed by atoms with Crippen LogP contribution in [0.5, 0.6) is 0 Å². The van der Waals surface area contributed by atoms with Crippen LogP contribution in [-0.2, 0) is 4.79 Å². The first-order valence-corrected chi connectivity index (χ1v) is 7.97. The molecule has 1 saturated heterocycles. The number of carbonyl (C=O) groups is 1. The van der Waals surface area contributed by atoms with Crippen molar-refractivity contribution in [1.82, 2.24) is 0 Å². The summed E-state index contributed by atoms with van der Waals surface area (Å²) in [7, 11) is 0. The van der Waals surface area contributed by atoms with E-state index in [2.05, 4.69) is 0 Å². The molecular formula is C16H10Cl2N2OS. The topological polar surface area (TPSA) is 44.2 Å². The van der Waals surface area contributed by atoms with Crippen LogP contribution in [0.4, 0.5) is 5.69 Å². The standard InChI is InChI=1S/C16H10Cl2N2OS/c17-12-8-4-5-10(14(12)18)9-13-15(21)20(16(19)22-13)11-6-2-1-3-7-11/h1-9,19H/b13-9-,19-16?. The molecule has 1 N–H and O–H groups in total. The third-order valence-electron chi connectivity index (χ3n) is 3.11. The maximum Gasteiger partial charge on any atom is 0.271 e. The van der Waals surface area contributed by atoms with E-state index in [1.54, 1.807) is 36.4 Å². The van der Waals surface area contributed by atoms with Crippen molar-refractivity contribution >= 4 is 57.8 Å². The summed E-state index contributed by atoms with van der Waals surface area (Å²) in [6.07, 6.45) is 1.67. The van der Waals surface area contributed by atoms with Gasteiger partial charge >= 0.3 is 0 Å². The normalized spacial score (nSPS) is 16.6. The molecule has 1 heterocycles. The number of amidine groups is 1. The Balaban J connectivity index is 1.98. The summed E-state index contributed by atoms with van der Waals surface area (Å²) in [4.78, 5) is 14.3. The molecule has 0 radical (unpaired) electrons. The molecule has 0 aromatic heterocycles. The summed E-state index contributed by atoms with van der Waals surface area (Å²) in [6, 6.07) is 14.3. The van der Waals surface area contributed by atoms with Crippen LogP contribution < -0.4 is 4.90 Å². The first kappa shape index (κ1) is 15.2. The lowest BCUT2D eigenvalue weighted by atomic mass is 10.2. The van der Waals surface area contributed by atoms with Gasteiger partial charge < -0.3 is 0 Å². The summed E-state index contributed by atoms with van der Waals surface area (Å²) >= 11 is 13.2. The summed E-state index contributed by atoms with van der Waals surface area (Å²) in [5, 5.41) is 9.03. The van der Waals surface area contributed by atoms with Gasteiger partial charge in [0.1, 0.15) is 0 Å². The van der Waals surface area contributed by atoms with Gasteiger partial charge in [-0.1, -0.05) is 53.5 Å². The van der Waals surface area contributed by atoms with Crippen molar-refractivity contribution in [2.45, 2.75) is 0 Å². The Morgan fingerprint density at radius 3 is 2.50 bits per heavy atom. The average molecular weight is 349 g/mol. The zero-order valence-corrected chi connectivity index (χ0v) is 13.5. The Kier molecular flexibility index (Phi) is 4.25. The van der Waals surface area contributed by atoms with Gasteiger partial charge in [0, 0.05) is 0 Å². The fourth-order valence-corrected chi connectivity index (χ4v) is 3.29. The zero-order chi connectivity index (χ0) is 15.7. The molecule has 2 aromatic rings. The van der Waals surface area contributed by atoms with Crippen molar-refractivity contribution in [2.75, 3.05) is 4.90 Å². The van der Waals surface area contributed by atoms with Gasteiger partial charge in [-0.05, 0) is 41.6 Å². The van der Waals surface area contributed by atoms with Crippen molar-refractivity contribution in [2.24, 2.45) is 0 Å². The van der Waals surface area contributed by atoms with Gasteiger partial charge in [-0.15, -0.1) is 0 Å². The third kappa shape index (κ3) is 2.77. The first-order valence-electron chi connectivity index (χ1n) is 6.39. The summed E-state index contributed by atoms with van der Waals surface area (Å²) in [6.45, 7) is 0. The minimum absolute atomic E-state index is 0.167. The lowest BCUT2D eigenvalue weighted by molar-refractivity contribution is -0.113. The number of benzene rings is 2. The smallest absolute Gasteiger partial charge is 0.271 e. The van der Waals surface area contributed by atoms with Gasteiger partial charge in [-0.2, -0.15) is 0 Å². The van der Waals surface area contributed by atoms with Crippen molar-refractivity contribution in [3.8, 4) is 0 Å². The van der Waals surface area contributed by atoms with E-state index in [0.29, 0.717) is 26.2 Å². The Morgan fingerprint density at radius 1 is 1.05 bits per heavy atom. The number of hydrogen-bond donors (Lipinski definition) is 1. The SMILES string of the molecule is N=C1S/C(=C\c2cccc(Cl)c2Cl)C(=O)N1c1ccccc1. The molecule has 3 nitrogen and oxygen atoms in total. The van der Waals surface area contributed by atoms with Gasteiger partial charge in [0.25, 0.3) is 5.91 Å². The van der Waals surface area contributed by atoms with E-state index >= 15 is 0 Å². The van der Waals surface area contributed by atoms with Gasteiger partial charge in [-0.3, -0.25) is 15.1 Å². The van der Waals surface area contributed by atoms with E-state index in [0.717, 1.165) is 11.8 Å². The molecule has 3 rings (SSSR count). The van der Waals surface area contributed by atoms with Gasteiger partial charge in [0.15, 0.2) is 5.17 Å². The number of halogens is 2. The molecule has 1 aliphatic heterocycles. The number of hydrogen-bond acceptors (Lipinski definition) is 3. The minimum Gasteiger partial charge on any atom is -0.278 e. The van der Waals surface area contributed by atoms with E-state index in [4.69, 9.17) is 28.6 Å². The van der Waals surface area contributed by atoms with Crippen LogP contribution in [0.15, 0.2) is 53.4 Å². The monoisotopic (exact) mass is 348 g/mol. The molecule has 1 aliphatic rings. The van der Waals surface area contributed by atoms with Crippen LogP contribution in [0, 0.1) is 5.41 Å².